The molecule has 0 saturated heterocycles. The maximum absolute atomic E-state index is 10.4. The zero-order chi connectivity index (χ0) is 9.80. The minimum Gasteiger partial charge on any atom is -0.376 e. The fourth-order valence-electron chi connectivity index (χ4n) is 1.53. The molecule has 0 bridgehead atoms. The van der Waals surface area contributed by atoms with E-state index >= 15 is 0 Å². The van der Waals surface area contributed by atoms with Gasteiger partial charge >= 0.3 is 0 Å². The SMILES string of the molecule is O=CC1C[C@H]1COCc1ccccc1. The molecular formula is C12H14O2. The number of carbonyl (C=O) groups excluding carboxylic acids is 1. The Labute approximate surface area is 83.9 Å². The highest BCUT2D eigenvalue weighted by Crippen LogP contribution is 2.36. The molecule has 74 valence electrons. The molecule has 1 aromatic rings. The lowest BCUT2D eigenvalue weighted by Gasteiger charge is -2.02. The Morgan fingerprint density at radius 3 is 2.79 bits per heavy atom. The van der Waals surface area contributed by atoms with Gasteiger partial charge in [0.25, 0.3) is 0 Å². The number of ether oxygens (including phenoxy) is 1. The van der Waals surface area contributed by atoms with Gasteiger partial charge in [0.15, 0.2) is 0 Å². The first kappa shape index (κ1) is 9.41. The van der Waals surface area contributed by atoms with E-state index in [1.54, 1.807) is 0 Å². The van der Waals surface area contributed by atoms with Gasteiger partial charge in [-0.2, -0.15) is 0 Å². The van der Waals surface area contributed by atoms with Gasteiger partial charge in [0.2, 0.25) is 0 Å². The Hall–Kier alpha value is -1.15. The number of hydrogen-bond donors (Lipinski definition) is 0. The summed E-state index contributed by atoms with van der Waals surface area (Å²) in [6, 6.07) is 10.1. The van der Waals surface area contributed by atoms with Crippen LogP contribution in [0.5, 0.6) is 0 Å². The van der Waals surface area contributed by atoms with Gasteiger partial charge in [-0.05, 0) is 17.9 Å². The number of benzene rings is 1. The summed E-state index contributed by atoms with van der Waals surface area (Å²) < 4.78 is 5.52. The molecule has 0 N–H and O–H groups in total. The maximum atomic E-state index is 10.4. The van der Waals surface area contributed by atoms with Gasteiger partial charge in [-0.25, -0.2) is 0 Å². The predicted octanol–water partition coefficient (Wildman–Crippen LogP) is 2.04. The van der Waals surface area contributed by atoms with Crippen LogP contribution in [0.25, 0.3) is 0 Å². The van der Waals surface area contributed by atoms with E-state index < -0.39 is 0 Å². The summed E-state index contributed by atoms with van der Waals surface area (Å²) in [5, 5.41) is 0. The van der Waals surface area contributed by atoms with Gasteiger partial charge in [0, 0.05) is 5.92 Å². The van der Waals surface area contributed by atoms with Crippen molar-refractivity contribution in [3.63, 3.8) is 0 Å². The van der Waals surface area contributed by atoms with E-state index in [0.29, 0.717) is 12.5 Å². The Kier molecular flexibility index (Phi) is 2.94. The fourth-order valence-corrected chi connectivity index (χ4v) is 1.53. The Morgan fingerprint density at radius 2 is 2.14 bits per heavy atom. The van der Waals surface area contributed by atoms with E-state index in [4.69, 9.17) is 4.74 Å². The topological polar surface area (TPSA) is 26.3 Å². The lowest BCUT2D eigenvalue weighted by atomic mass is 10.2. The van der Waals surface area contributed by atoms with Crippen molar-refractivity contribution in [3.05, 3.63) is 35.9 Å². The summed E-state index contributed by atoms with van der Waals surface area (Å²) in [6.07, 6.45) is 2.05. The number of rotatable bonds is 5. The Balaban J connectivity index is 1.67. The summed E-state index contributed by atoms with van der Waals surface area (Å²) in [4.78, 5) is 10.4. The molecule has 1 aromatic carbocycles. The smallest absolute Gasteiger partial charge is 0.123 e. The minimum absolute atomic E-state index is 0.269. The molecule has 0 aliphatic heterocycles. The van der Waals surface area contributed by atoms with Gasteiger partial charge in [-0.1, -0.05) is 30.3 Å². The predicted molar refractivity (Wildman–Crippen MR) is 53.8 cm³/mol. The largest absolute Gasteiger partial charge is 0.376 e. The summed E-state index contributed by atoms with van der Waals surface area (Å²) in [5.74, 6) is 0.752. The highest BCUT2D eigenvalue weighted by Gasteiger charge is 2.36. The van der Waals surface area contributed by atoms with E-state index in [9.17, 15) is 4.79 Å². The van der Waals surface area contributed by atoms with E-state index in [1.807, 2.05) is 30.3 Å². The van der Waals surface area contributed by atoms with Crippen LogP contribution in [0.2, 0.25) is 0 Å². The third kappa shape index (κ3) is 2.42. The average Bonchev–Trinajstić information content (AvgIpc) is 2.98. The molecule has 1 unspecified atom stereocenters. The van der Waals surface area contributed by atoms with Crippen molar-refractivity contribution in [1.29, 1.82) is 0 Å². The number of hydrogen-bond acceptors (Lipinski definition) is 2. The molecule has 0 amide bonds. The van der Waals surface area contributed by atoms with E-state index in [1.165, 1.54) is 5.56 Å². The summed E-state index contributed by atoms with van der Waals surface area (Å²) in [6.45, 7) is 1.38. The second-order valence-electron chi connectivity index (χ2n) is 3.80. The van der Waals surface area contributed by atoms with Crippen molar-refractivity contribution in [3.8, 4) is 0 Å². The minimum atomic E-state index is 0.269. The molecule has 1 saturated carbocycles. The third-order valence-electron chi connectivity index (χ3n) is 2.60. The van der Waals surface area contributed by atoms with Crippen molar-refractivity contribution >= 4 is 6.29 Å². The molecule has 14 heavy (non-hydrogen) atoms. The van der Waals surface area contributed by atoms with Crippen molar-refractivity contribution in [2.75, 3.05) is 6.61 Å². The van der Waals surface area contributed by atoms with Crippen LogP contribution in [0.3, 0.4) is 0 Å². The normalized spacial score (nSPS) is 24.6. The maximum Gasteiger partial charge on any atom is 0.123 e. The van der Waals surface area contributed by atoms with Crippen molar-refractivity contribution < 1.29 is 9.53 Å². The summed E-state index contributed by atoms with van der Waals surface area (Å²) >= 11 is 0. The van der Waals surface area contributed by atoms with Crippen molar-refractivity contribution in [1.82, 2.24) is 0 Å². The van der Waals surface area contributed by atoms with E-state index in [2.05, 4.69) is 0 Å². The molecule has 2 heteroatoms. The van der Waals surface area contributed by atoms with Crippen molar-refractivity contribution in [2.24, 2.45) is 11.8 Å². The molecule has 2 nitrogen and oxygen atoms in total. The quantitative estimate of drug-likeness (QED) is 0.664. The van der Waals surface area contributed by atoms with Crippen LogP contribution in [-0.2, 0) is 16.1 Å². The van der Waals surface area contributed by atoms with Gasteiger partial charge in [0.05, 0.1) is 13.2 Å². The number of carbonyl (C=O) groups is 1. The monoisotopic (exact) mass is 190 g/mol. The van der Waals surface area contributed by atoms with Crippen LogP contribution >= 0.6 is 0 Å². The molecular weight excluding hydrogens is 176 g/mol. The van der Waals surface area contributed by atoms with Gasteiger partial charge in [-0.15, -0.1) is 0 Å². The van der Waals surface area contributed by atoms with Gasteiger partial charge < -0.3 is 9.53 Å². The molecule has 0 spiro atoms. The molecule has 1 aliphatic carbocycles. The van der Waals surface area contributed by atoms with Crippen LogP contribution in [0, 0.1) is 11.8 Å². The Bertz CT molecular complexity index is 294. The molecule has 0 radical (unpaired) electrons. The van der Waals surface area contributed by atoms with Crippen LogP contribution in [0.15, 0.2) is 30.3 Å². The number of aldehydes is 1. The zero-order valence-electron chi connectivity index (χ0n) is 8.06. The molecule has 0 aromatic heterocycles. The summed E-state index contributed by atoms with van der Waals surface area (Å²) in [7, 11) is 0. The lowest BCUT2D eigenvalue weighted by Crippen LogP contribution is -1.98. The van der Waals surface area contributed by atoms with Crippen LogP contribution < -0.4 is 0 Å². The Morgan fingerprint density at radius 1 is 1.36 bits per heavy atom. The molecule has 2 atom stereocenters. The van der Waals surface area contributed by atoms with Crippen LogP contribution in [0.4, 0.5) is 0 Å². The van der Waals surface area contributed by atoms with Crippen molar-refractivity contribution in [2.45, 2.75) is 13.0 Å². The lowest BCUT2D eigenvalue weighted by molar-refractivity contribution is -0.109. The first-order chi connectivity index (χ1) is 6.90. The van der Waals surface area contributed by atoms with E-state index in [-0.39, 0.29) is 5.92 Å². The molecule has 0 heterocycles. The molecule has 1 fully saturated rings. The molecule has 2 rings (SSSR count). The first-order valence-electron chi connectivity index (χ1n) is 4.97. The van der Waals surface area contributed by atoms with Crippen LogP contribution in [0.1, 0.15) is 12.0 Å². The first-order valence-corrected chi connectivity index (χ1v) is 4.97. The average molecular weight is 190 g/mol. The van der Waals surface area contributed by atoms with Gasteiger partial charge in [-0.3, -0.25) is 0 Å². The summed E-state index contributed by atoms with van der Waals surface area (Å²) in [5.41, 5.74) is 1.19. The second-order valence-corrected chi connectivity index (χ2v) is 3.80. The second kappa shape index (κ2) is 4.38. The highest BCUT2D eigenvalue weighted by molar-refractivity contribution is 5.58. The molecule has 1 aliphatic rings. The van der Waals surface area contributed by atoms with Crippen LogP contribution in [-0.4, -0.2) is 12.9 Å². The van der Waals surface area contributed by atoms with Gasteiger partial charge in [0.1, 0.15) is 6.29 Å². The van der Waals surface area contributed by atoms with E-state index in [0.717, 1.165) is 19.3 Å². The fraction of sp³-hybridized carbons (Fsp3) is 0.417. The third-order valence-corrected chi connectivity index (χ3v) is 2.60. The highest BCUT2D eigenvalue weighted by atomic mass is 16.5. The standard InChI is InChI=1S/C12H14O2/c13-7-11-6-12(11)9-14-8-10-4-2-1-3-5-10/h1-5,7,11-12H,6,8-9H2/t11?,12-/m0/s1. The zero-order valence-corrected chi connectivity index (χ0v) is 8.06.